The molecule has 0 spiro atoms. The maximum atomic E-state index is 9.35. The molecule has 0 atom stereocenters. The molecule has 3 aromatic rings. The number of benzene rings is 2. The van der Waals surface area contributed by atoms with Crippen LogP contribution in [0.25, 0.3) is 0 Å². The lowest BCUT2D eigenvalue weighted by molar-refractivity contribution is 0.475. The molecule has 2 heterocycles. The molecule has 0 amide bonds. The number of aromatic nitrogens is 3. The Morgan fingerprint density at radius 1 is 0.893 bits per heavy atom. The first-order chi connectivity index (χ1) is 13.8. The first-order valence-corrected chi connectivity index (χ1v) is 9.17. The highest BCUT2D eigenvalue weighted by atomic mass is 16.3. The van der Waals surface area contributed by atoms with E-state index >= 15 is 0 Å². The van der Waals surface area contributed by atoms with Gasteiger partial charge in [-0.25, -0.2) is 5.43 Å². The van der Waals surface area contributed by atoms with Crippen LogP contribution in [0, 0.1) is 0 Å². The number of nitrogens with zero attached hydrogens (tertiary/aromatic N) is 5. The van der Waals surface area contributed by atoms with Gasteiger partial charge in [-0.15, -0.1) is 0 Å². The molecule has 3 N–H and O–H groups in total. The number of rotatable bonds is 6. The van der Waals surface area contributed by atoms with Crippen LogP contribution in [0.5, 0.6) is 5.75 Å². The molecule has 0 radical (unpaired) electrons. The maximum Gasteiger partial charge on any atom is 0.250 e. The quantitative estimate of drug-likeness (QED) is 0.449. The van der Waals surface area contributed by atoms with Gasteiger partial charge in [0.2, 0.25) is 17.8 Å². The Hall–Kier alpha value is -3.68. The van der Waals surface area contributed by atoms with Gasteiger partial charge in [0.05, 0.1) is 6.21 Å². The van der Waals surface area contributed by atoms with Gasteiger partial charge in [0.15, 0.2) is 0 Å². The lowest BCUT2D eigenvalue weighted by atomic mass is 10.2. The number of nitrogens with one attached hydrogen (secondary N) is 2. The van der Waals surface area contributed by atoms with Gasteiger partial charge in [0.1, 0.15) is 5.75 Å². The summed E-state index contributed by atoms with van der Waals surface area (Å²) in [7, 11) is 0. The zero-order valence-corrected chi connectivity index (χ0v) is 15.3. The van der Waals surface area contributed by atoms with Gasteiger partial charge in [0, 0.05) is 18.8 Å². The van der Waals surface area contributed by atoms with Crippen LogP contribution in [0.4, 0.5) is 23.5 Å². The highest BCUT2D eigenvalue weighted by Gasteiger charge is 2.17. The van der Waals surface area contributed by atoms with E-state index in [2.05, 4.69) is 35.7 Å². The van der Waals surface area contributed by atoms with E-state index in [1.165, 1.54) is 0 Å². The van der Waals surface area contributed by atoms with Gasteiger partial charge >= 0.3 is 0 Å². The molecule has 0 unspecified atom stereocenters. The molecule has 0 saturated carbocycles. The maximum absolute atomic E-state index is 9.35. The summed E-state index contributed by atoms with van der Waals surface area (Å²) in [5, 5.41) is 16.8. The van der Waals surface area contributed by atoms with Crippen molar-refractivity contribution >= 4 is 29.7 Å². The second-order valence-corrected chi connectivity index (χ2v) is 6.43. The van der Waals surface area contributed by atoms with Gasteiger partial charge in [0.25, 0.3) is 0 Å². The number of aromatic hydroxyl groups is 1. The third-order valence-electron chi connectivity index (χ3n) is 4.31. The van der Waals surface area contributed by atoms with Crippen LogP contribution in [0.3, 0.4) is 0 Å². The Labute approximate surface area is 163 Å². The van der Waals surface area contributed by atoms with Crippen LogP contribution in [-0.4, -0.2) is 39.4 Å². The van der Waals surface area contributed by atoms with Crippen LogP contribution in [0.2, 0.25) is 0 Å². The normalized spacial score (nSPS) is 13.8. The van der Waals surface area contributed by atoms with Crippen LogP contribution < -0.4 is 15.6 Å². The molecule has 8 heteroatoms. The minimum Gasteiger partial charge on any atom is -0.508 e. The van der Waals surface area contributed by atoms with Crippen molar-refractivity contribution in [2.45, 2.75) is 12.8 Å². The van der Waals surface area contributed by atoms with E-state index in [-0.39, 0.29) is 5.75 Å². The molecule has 142 valence electrons. The second-order valence-electron chi connectivity index (χ2n) is 6.43. The Kier molecular flexibility index (Phi) is 5.28. The highest BCUT2D eigenvalue weighted by molar-refractivity contribution is 5.80. The molecular weight excluding hydrogens is 354 g/mol. The van der Waals surface area contributed by atoms with Crippen LogP contribution in [-0.2, 0) is 0 Å². The van der Waals surface area contributed by atoms with E-state index in [0.29, 0.717) is 17.8 Å². The standard InChI is InChI=1S/C20H21N7O/c28-17-10-8-15(9-11-17)14-21-26-19-23-18(22-16-6-2-1-3-7-16)24-20(25-19)27-12-4-5-13-27/h1-3,6-11,14,28H,4-5,12-13H2,(H2,22,23,24,25,26)/b21-14+. The third kappa shape index (κ3) is 4.53. The molecule has 28 heavy (non-hydrogen) atoms. The van der Waals surface area contributed by atoms with E-state index in [4.69, 9.17) is 0 Å². The summed E-state index contributed by atoms with van der Waals surface area (Å²) in [6, 6.07) is 16.5. The van der Waals surface area contributed by atoms with Crippen LogP contribution >= 0.6 is 0 Å². The zero-order valence-electron chi connectivity index (χ0n) is 15.3. The van der Waals surface area contributed by atoms with Crippen molar-refractivity contribution in [2.24, 2.45) is 5.10 Å². The number of hydrogen-bond acceptors (Lipinski definition) is 8. The fourth-order valence-electron chi connectivity index (χ4n) is 2.90. The minimum atomic E-state index is 0.217. The van der Waals surface area contributed by atoms with Gasteiger partial charge in [-0.1, -0.05) is 18.2 Å². The smallest absolute Gasteiger partial charge is 0.250 e. The van der Waals surface area contributed by atoms with Crippen molar-refractivity contribution in [2.75, 3.05) is 28.7 Å². The van der Waals surface area contributed by atoms with E-state index < -0.39 is 0 Å². The summed E-state index contributed by atoms with van der Waals surface area (Å²) in [5.41, 5.74) is 4.63. The molecule has 1 aliphatic heterocycles. The zero-order chi connectivity index (χ0) is 19.2. The van der Waals surface area contributed by atoms with E-state index in [0.717, 1.165) is 37.2 Å². The predicted octanol–water partition coefficient (Wildman–Crippen LogP) is 3.37. The number of hydrazone groups is 1. The van der Waals surface area contributed by atoms with Crippen molar-refractivity contribution in [1.82, 2.24) is 15.0 Å². The molecule has 1 aliphatic rings. The van der Waals surface area contributed by atoms with Crippen molar-refractivity contribution in [3.05, 3.63) is 60.2 Å². The summed E-state index contributed by atoms with van der Waals surface area (Å²) in [4.78, 5) is 15.6. The summed E-state index contributed by atoms with van der Waals surface area (Å²) >= 11 is 0. The Bertz CT molecular complexity index is 939. The number of hydrogen-bond donors (Lipinski definition) is 3. The Balaban J connectivity index is 1.55. The fraction of sp³-hybridized carbons (Fsp3) is 0.200. The summed E-state index contributed by atoms with van der Waals surface area (Å²) in [6.07, 6.45) is 3.91. The largest absolute Gasteiger partial charge is 0.508 e. The molecule has 8 nitrogen and oxygen atoms in total. The van der Waals surface area contributed by atoms with E-state index in [1.54, 1.807) is 30.5 Å². The number of phenols is 1. The second kappa shape index (κ2) is 8.34. The molecule has 1 saturated heterocycles. The number of anilines is 4. The summed E-state index contributed by atoms with van der Waals surface area (Å²) in [6.45, 7) is 1.87. The Morgan fingerprint density at radius 2 is 1.61 bits per heavy atom. The highest BCUT2D eigenvalue weighted by Crippen LogP contribution is 2.20. The minimum absolute atomic E-state index is 0.217. The van der Waals surface area contributed by atoms with Crippen molar-refractivity contribution < 1.29 is 5.11 Å². The average Bonchev–Trinajstić information content (AvgIpc) is 3.25. The summed E-state index contributed by atoms with van der Waals surface area (Å²) < 4.78 is 0. The van der Waals surface area contributed by atoms with Gasteiger partial charge in [-0.05, 0) is 54.8 Å². The first kappa shape index (κ1) is 17.7. The molecule has 0 aliphatic carbocycles. The van der Waals surface area contributed by atoms with Crippen molar-refractivity contribution in [3.63, 3.8) is 0 Å². The van der Waals surface area contributed by atoms with Gasteiger partial charge in [-0.3, -0.25) is 0 Å². The molecular formula is C20H21N7O. The SMILES string of the molecule is Oc1ccc(/C=N/Nc2nc(Nc3ccccc3)nc(N3CCCC3)n2)cc1. The van der Waals surface area contributed by atoms with Crippen molar-refractivity contribution in [1.29, 1.82) is 0 Å². The molecule has 0 bridgehead atoms. The Morgan fingerprint density at radius 3 is 2.36 bits per heavy atom. The lowest BCUT2D eigenvalue weighted by Crippen LogP contribution is -2.21. The predicted molar refractivity (Wildman–Crippen MR) is 110 cm³/mol. The average molecular weight is 375 g/mol. The number of phenolic OH excluding ortho intramolecular Hbond substituents is 1. The molecule has 1 fully saturated rings. The van der Waals surface area contributed by atoms with Gasteiger partial charge in [-0.2, -0.15) is 20.1 Å². The topological polar surface area (TPSA) is 98.6 Å². The molecule has 2 aromatic carbocycles. The van der Waals surface area contributed by atoms with E-state index in [1.807, 2.05) is 30.3 Å². The monoisotopic (exact) mass is 375 g/mol. The number of para-hydroxylation sites is 1. The van der Waals surface area contributed by atoms with Crippen LogP contribution in [0.1, 0.15) is 18.4 Å². The molecule has 1 aromatic heterocycles. The van der Waals surface area contributed by atoms with Crippen molar-refractivity contribution in [3.8, 4) is 5.75 Å². The lowest BCUT2D eigenvalue weighted by Gasteiger charge is -2.16. The van der Waals surface area contributed by atoms with Crippen LogP contribution in [0.15, 0.2) is 59.7 Å². The van der Waals surface area contributed by atoms with E-state index in [9.17, 15) is 5.11 Å². The summed E-state index contributed by atoms with van der Waals surface area (Å²) in [5.74, 6) is 1.68. The first-order valence-electron chi connectivity index (χ1n) is 9.17. The molecule has 4 rings (SSSR count). The van der Waals surface area contributed by atoms with Gasteiger partial charge < -0.3 is 15.3 Å². The fourth-order valence-corrected chi connectivity index (χ4v) is 2.90. The third-order valence-corrected chi connectivity index (χ3v) is 4.31.